The summed E-state index contributed by atoms with van der Waals surface area (Å²) >= 11 is 0. The summed E-state index contributed by atoms with van der Waals surface area (Å²) in [6.45, 7) is 1.95. The van der Waals surface area contributed by atoms with E-state index in [-0.39, 0.29) is 17.7 Å². The standard InChI is InChI=1S/C9H11N5O3.C9H9N/c1-12-7-6(8(16)13(2)9(12)17)14(4-11-7)3-5(10)15;1-2-8-3-5-9(7-10)6-4-8/h4H,3H2,1-2H3,(H2,10,15);3-6H,2H2,1H3. The number of rotatable bonds is 3. The van der Waals surface area contributed by atoms with E-state index in [1.807, 2.05) is 24.3 Å². The summed E-state index contributed by atoms with van der Waals surface area (Å²) in [6, 6.07) is 9.74. The summed E-state index contributed by atoms with van der Waals surface area (Å²) in [7, 11) is 2.87. The molecule has 0 spiro atoms. The lowest BCUT2D eigenvalue weighted by Gasteiger charge is -2.04. The molecule has 0 saturated heterocycles. The second-order valence-electron chi connectivity index (χ2n) is 5.88. The normalized spacial score (nSPS) is 10.1. The molecule has 140 valence electrons. The van der Waals surface area contributed by atoms with Crippen LogP contribution in [0, 0.1) is 11.3 Å². The number of carbonyl (C=O) groups excluding carboxylic acids is 1. The number of hydrogen-bond acceptors (Lipinski definition) is 5. The maximum atomic E-state index is 11.9. The molecule has 2 heterocycles. The first-order chi connectivity index (χ1) is 12.8. The first-order valence-electron chi connectivity index (χ1n) is 8.18. The number of nitrogens with two attached hydrogens (primary N) is 1. The zero-order valence-corrected chi connectivity index (χ0v) is 15.3. The van der Waals surface area contributed by atoms with Gasteiger partial charge >= 0.3 is 5.69 Å². The molecular formula is C18H20N6O3. The molecule has 0 aliphatic heterocycles. The Kier molecular flexibility index (Phi) is 5.92. The molecule has 1 aromatic carbocycles. The van der Waals surface area contributed by atoms with Gasteiger partial charge in [0.05, 0.1) is 18.0 Å². The van der Waals surface area contributed by atoms with Crippen LogP contribution in [-0.4, -0.2) is 24.6 Å². The van der Waals surface area contributed by atoms with Crippen molar-refractivity contribution in [3.63, 3.8) is 0 Å². The number of amides is 1. The van der Waals surface area contributed by atoms with Crippen LogP contribution >= 0.6 is 0 Å². The van der Waals surface area contributed by atoms with Crippen LogP contribution in [0.1, 0.15) is 18.1 Å². The number of aryl methyl sites for hydroxylation is 2. The Bertz CT molecular complexity index is 1130. The van der Waals surface area contributed by atoms with Crippen molar-refractivity contribution in [1.29, 1.82) is 5.26 Å². The quantitative estimate of drug-likeness (QED) is 0.698. The molecule has 3 rings (SSSR count). The van der Waals surface area contributed by atoms with E-state index in [9.17, 15) is 14.4 Å². The monoisotopic (exact) mass is 368 g/mol. The predicted octanol–water partition coefficient (Wildman–Crippen LogP) is 0.0397. The summed E-state index contributed by atoms with van der Waals surface area (Å²) in [5.74, 6) is -0.583. The summed E-state index contributed by atoms with van der Waals surface area (Å²) in [5.41, 5.74) is 6.54. The number of carbonyl (C=O) groups is 1. The van der Waals surface area contributed by atoms with Crippen molar-refractivity contribution in [2.24, 2.45) is 19.8 Å². The fourth-order valence-corrected chi connectivity index (χ4v) is 2.50. The zero-order valence-electron chi connectivity index (χ0n) is 15.3. The van der Waals surface area contributed by atoms with Crippen molar-refractivity contribution < 1.29 is 4.79 Å². The van der Waals surface area contributed by atoms with E-state index in [2.05, 4.69) is 18.0 Å². The second kappa shape index (κ2) is 8.14. The first-order valence-corrected chi connectivity index (χ1v) is 8.18. The van der Waals surface area contributed by atoms with Gasteiger partial charge in [-0.2, -0.15) is 5.26 Å². The summed E-state index contributed by atoms with van der Waals surface area (Å²) in [6.07, 6.45) is 2.35. The van der Waals surface area contributed by atoms with Gasteiger partial charge in [-0.15, -0.1) is 0 Å². The Morgan fingerprint density at radius 3 is 2.33 bits per heavy atom. The Labute approximate surface area is 154 Å². The maximum absolute atomic E-state index is 11.9. The van der Waals surface area contributed by atoms with Gasteiger partial charge in [-0.25, -0.2) is 9.78 Å². The van der Waals surface area contributed by atoms with Crippen LogP contribution in [0.2, 0.25) is 0 Å². The van der Waals surface area contributed by atoms with Crippen LogP contribution in [-0.2, 0) is 31.9 Å². The number of hydrogen-bond donors (Lipinski definition) is 1. The lowest BCUT2D eigenvalue weighted by molar-refractivity contribution is -0.118. The van der Waals surface area contributed by atoms with Gasteiger partial charge in [0.1, 0.15) is 6.54 Å². The Morgan fingerprint density at radius 1 is 1.19 bits per heavy atom. The highest BCUT2D eigenvalue weighted by atomic mass is 16.2. The minimum atomic E-state index is -0.583. The van der Waals surface area contributed by atoms with Crippen molar-refractivity contribution in [2.75, 3.05) is 0 Å². The van der Waals surface area contributed by atoms with E-state index in [0.717, 1.165) is 16.6 Å². The molecule has 3 aromatic rings. The van der Waals surface area contributed by atoms with Crippen LogP contribution in [0.25, 0.3) is 11.2 Å². The minimum absolute atomic E-state index is 0.149. The molecule has 0 bridgehead atoms. The largest absolute Gasteiger partial charge is 0.368 e. The number of fused-ring (bicyclic) bond motifs is 1. The van der Waals surface area contributed by atoms with E-state index in [1.54, 1.807) is 0 Å². The molecule has 9 nitrogen and oxygen atoms in total. The molecule has 0 radical (unpaired) electrons. The highest BCUT2D eigenvalue weighted by molar-refractivity contribution is 5.77. The topological polar surface area (TPSA) is 129 Å². The van der Waals surface area contributed by atoms with Crippen molar-refractivity contribution in [3.05, 3.63) is 62.6 Å². The molecule has 2 aromatic heterocycles. The molecule has 0 aliphatic rings. The molecular weight excluding hydrogens is 348 g/mol. The highest BCUT2D eigenvalue weighted by Crippen LogP contribution is 2.04. The fraction of sp³-hybridized carbons (Fsp3) is 0.278. The smallest absolute Gasteiger partial charge is 0.332 e. The molecule has 27 heavy (non-hydrogen) atoms. The van der Waals surface area contributed by atoms with Crippen LogP contribution < -0.4 is 17.0 Å². The maximum Gasteiger partial charge on any atom is 0.332 e. The van der Waals surface area contributed by atoms with E-state index < -0.39 is 17.2 Å². The molecule has 0 aliphatic carbocycles. The molecule has 9 heteroatoms. The zero-order chi connectivity index (χ0) is 20.1. The van der Waals surface area contributed by atoms with E-state index in [0.29, 0.717) is 0 Å². The summed E-state index contributed by atoms with van der Waals surface area (Å²) in [4.78, 5) is 38.3. The van der Waals surface area contributed by atoms with Crippen LogP contribution in [0.4, 0.5) is 0 Å². The number of nitrogens with zero attached hydrogens (tertiary/aromatic N) is 5. The Hall–Kier alpha value is -3.67. The van der Waals surface area contributed by atoms with Gasteiger partial charge in [-0.05, 0) is 24.1 Å². The third-order valence-electron chi connectivity index (χ3n) is 4.03. The van der Waals surface area contributed by atoms with E-state index >= 15 is 0 Å². The lowest BCUT2D eigenvalue weighted by atomic mass is 10.1. The average molecular weight is 368 g/mol. The number of aromatic nitrogens is 4. The van der Waals surface area contributed by atoms with Gasteiger partial charge in [0.25, 0.3) is 5.56 Å². The highest BCUT2D eigenvalue weighted by Gasteiger charge is 2.14. The summed E-state index contributed by atoms with van der Waals surface area (Å²) < 4.78 is 3.54. The third-order valence-corrected chi connectivity index (χ3v) is 4.03. The van der Waals surface area contributed by atoms with Crippen molar-refractivity contribution in [2.45, 2.75) is 19.9 Å². The van der Waals surface area contributed by atoms with Gasteiger partial charge in [-0.3, -0.25) is 18.7 Å². The van der Waals surface area contributed by atoms with E-state index in [4.69, 9.17) is 11.0 Å². The Balaban J connectivity index is 0.000000223. The average Bonchev–Trinajstić information content (AvgIpc) is 3.08. The molecule has 2 N–H and O–H groups in total. The number of benzene rings is 1. The van der Waals surface area contributed by atoms with Gasteiger partial charge < -0.3 is 10.3 Å². The molecule has 0 saturated carbocycles. The fourth-order valence-electron chi connectivity index (χ4n) is 2.50. The number of imidazole rings is 1. The molecule has 0 atom stereocenters. The first kappa shape index (κ1) is 19.7. The van der Waals surface area contributed by atoms with Gasteiger partial charge in [0.2, 0.25) is 5.91 Å². The lowest BCUT2D eigenvalue weighted by Crippen LogP contribution is -2.37. The number of primary amides is 1. The van der Waals surface area contributed by atoms with Crippen LogP contribution in [0.3, 0.4) is 0 Å². The van der Waals surface area contributed by atoms with Crippen molar-refractivity contribution in [1.82, 2.24) is 18.7 Å². The molecule has 1 amide bonds. The van der Waals surface area contributed by atoms with E-state index in [1.165, 1.54) is 35.1 Å². The third kappa shape index (κ3) is 4.12. The predicted molar refractivity (Wildman–Crippen MR) is 99.9 cm³/mol. The molecule has 0 fully saturated rings. The second-order valence-corrected chi connectivity index (χ2v) is 5.88. The SMILES string of the molecule is CCc1ccc(C#N)cc1.Cn1c(=O)c2c(ncn2CC(N)=O)n(C)c1=O. The van der Waals surface area contributed by atoms with Gasteiger partial charge in [0, 0.05) is 14.1 Å². The van der Waals surface area contributed by atoms with Crippen LogP contribution in [0.5, 0.6) is 0 Å². The van der Waals surface area contributed by atoms with Crippen molar-refractivity contribution >= 4 is 17.1 Å². The summed E-state index contributed by atoms with van der Waals surface area (Å²) in [5, 5.41) is 8.45. The molecule has 0 unspecified atom stereocenters. The Morgan fingerprint density at radius 2 is 1.81 bits per heavy atom. The minimum Gasteiger partial charge on any atom is -0.368 e. The number of nitriles is 1. The van der Waals surface area contributed by atoms with Crippen molar-refractivity contribution in [3.8, 4) is 6.07 Å². The van der Waals surface area contributed by atoms with Crippen LogP contribution in [0.15, 0.2) is 40.2 Å². The van der Waals surface area contributed by atoms with Gasteiger partial charge in [0.15, 0.2) is 11.2 Å². The van der Waals surface area contributed by atoms with Gasteiger partial charge in [-0.1, -0.05) is 19.1 Å².